The standard InChI is InChI=1S/C20H19F4N3O3/c1-11(14-8-7-13(9-15(14)21)30-20(22,23)24)25-19(29)16-10-17(28)27-18(26-16)12-5-3-2-4-6-12/h2-9,11,16,18,26H,10H2,1H3,(H,25,29)(H,27,28)/t11-,16?,18?/m1/s1. The average Bonchev–Trinajstić information content (AvgIpc) is 2.67. The largest absolute Gasteiger partial charge is 0.573 e. The van der Waals surface area contributed by atoms with Gasteiger partial charge in [0.15, 0.2) is 0 Å². The van der Waals surface area contributed by atoms with Crippen molar-refractivity contribution in [1.29, 1.82) is 0 Å². The highest BCUT2D eigenvalue weighted by Crippen LogP contribution is 2.27. The average molecular weight is 425 g/mol. The molecule has 1 saturated heterocycles. The van der Waals surface area contributed by atoms with Crippen LogP contribution in [0.5, 0.6) is 5.75 Å². The van der Waals surface area contributed by atoms with Crippen LogP contribution < -0.4 is 20.7 Å². The van der Waals surface area contributed by atoms with E-state index in [1.165, 1.54) is 6.92 Å². The van der Waals surface area contributed by atoms with Crippen LogP contribution in [0.15, 0.2) is 48.5 Å². The second-order valence-corrected chi connectivity index (χ2v) is 6.80. The van der Waals surface area contributed by atoms with Crippen molar-refractivity contribution in [3.63, 3.8) is 0 Å². The molecule has 0 spiro atoms. The summed E-state index contributed by atoms with van der Waals surface area (Å²) in [5.74, 6) is -2.51. The van der Waals surface area contributed by atoms with E-state index in [0.717, 1.165) is 17.7 Å². The fourth-order valence-corrected chi connectivity index (χ4v) is 3.15. The lowest BCUT2D eigenvalue weighted by Crippen LogP contribution is -2.56. The second-order valence-electron chi connectivity index (χ2n) is 6.80. The highest BCUT2D eigenvalue weighted by molar-refractivity contribution is 5.89. The summed E-state index contributed by atoms with van der Waals surface area (Å²) in [5.41, 5.74) is 0.750. The molecule has 2 unspecified atom stereocenters. The van der Waals surface area contributed by atoms with Gasteiger partial charge in [0.05, 0.1) is 18.5 Å². The molecule has 1 fully saturated rings. The number of hydrogen-bond donors (Lipinski definition) is 3. The fourth-order valence-electron chi connectivity index (χ4n) is 3.15. The lowest BCUT2D eigenvalue weighted by atomic mass is 10.0. The van der Waals surface area contributed by atoms with Gasteiger partial charge in [-0.3, -0.25) is 14.9 Å². The number of carbonyl (C=O) groups excluding carboxylic acids is 2. The van der Waals surface area contributed by atoms with Crippen molar-refractivity contribution in [2.75, 3.05) is 0 Å². The molecule has 3 N–H and O–H groups in total. The predicted molar refractivity (Wildman–Crippen MR) is 98.5 cm³/mol. The summed E-state index contributed by atoms with van der Waals surface area (Å²) < 4.78 is 54.7. The molecule has 160 valence electrons. The van der Waals surface area contributed by atoms with Crippen LogP contribution in [-0.4, -0.2) is 24.2 Å². The smallest absolute Gasteiger partial charge is 0.406 e. The highest BCUT2D eigenvalue weighted by Gasteiger charge is 2.33. The van der Waals surface area contributed by atoms with Gasteiger partial charge in [-0.25, -0.2) is 4.39 Å². The Balaban J connectivity index is 1.67. The van der Waals surface area contributed by atoms with Gasteiger partial charge in [0, 0.05) is 11.6 Å². The topological polar surface area (TPSA) is 79.5 Å². The molecule has 2 aromatic rings. The maximum atomic E-state index is 14.2. The minimum atomic E-state index is -4.93. The molecule has 1 aliphatic heterocycles. The number of benzene rings is 2. The molecule has 0 aromatic heterocycles. The van der Waals surface area contributed by atoms with Crippen LogP contribution >= 0.6 is 0 Å². The maximum Gasteiger partial charge on any atom is 0.573 e. The van der Waals surface area contributed by atoms with Crippen LogP contribution in [0.2, 0.25) is 0 Å². The lowest BCUT2D eigenvalue weighted by molar-refractivity contribution is -0.274. The summed E-state index contributed by atoms with van der Waals surface area (Å²) in [6.07, 6.45) is -5.60. The molecule has 0 radical (unpaired) electrons. The van der Waals surface area contributed by atoms with E-state index in [-0.39, 0.29) is 17.9 Å². The third-order valence-electron chi connectivity index (χ3n) is 4.54. The molecule has 1 aliphatic rings. The second kappa shape index (κ2) is 8.70. The quantitative estimate of drug-likeness (QED) is 0.644. The molecule has 0 bridgehead atoms. The van der Waals surface area contributed by atoms with E-state index in [4.69, 9.17) is 0 Å². The van der Waals surface area contributed by atoms with E-state index in [1.807, 2.05) is 6.07 Å². The summed E-state index contributed by atoms with van der Waals surface area (Å²) >= 11 is 0. The molecule has 2 aromatic carbocycles. The molecular formula is C20H19F4N3O3. The molecule has 10 heteroatoms. The van der Waals surface area contributed by atoms with Crippen LogP contribution in [0.25, 0.3) is 0 Å². The van der Waals surface area contributed by atoms with Crippen molar-refractivity contribution in [2.45, 2.75) is 38.0 Å². The van der Waals surface area contributed by atoms with Crippen LogP contribution in [0, 0.1) is 5.82 Å². The first-order chi connectivity index (χ1) is 14.1. The summed E-state index contributed by atoms with van der Waals surface area (Å²) in [4.78, 5) is 24.6. The van der Waals surface area contributed by atoms with Crippen LogP contribution in [0.3, 0.4) is 0 Å². The first-order valence-corrected chi connectivity index (χ1v) is 9.08. The molecule has 0 saturated carbocycles. The summed E-state index contributed by atoms with van der Waals surface area (Å²) in [7, 11) is 0. The fraction of sp³-hybridized carbons (Fsp3) is 0.300. The zero-order valence-electron chi connectivity index (χ0n) is 15.8. The van der Waals surface area contributed by atoms with Crippen LogP contribution in [0.4, 0.5) is 17.6 Å². The Morgan fingerprint density at radius 1 is 1.20 bits per heavy atom. The summed E-state index contributed by atoms with van der Waals surface area (Å²) in [6, 6.07) is 9.96. The van der Waals surface area contributed by atoms with E-state index >= 15 is 0 Å². The predicted octanol–water partition coefficient (Wildman–Crippen LogP) is 3.08. The van der Waals surface area contributed by atoms with Crippen molar-refractivity contribution in [3.8, 4) is 5.75 Å². The Kier molecular flexibility index (Phi) is 6.25. The Hall–Kier alpha value is -3.14. The molecular weight excluding hydrogens is 406 g/mol. The van der Waals surface area contributed by atoms with Gasteiger partial charge in [-0.2, -0.15) is 0 Å². The van der Waals surface area contributed by atoms with Crippen LogP contribution in [0.1, 0.15) is 36.7 Å². The number of nitrogens with one attached hydrogen (secondary N) is 3. The highest BCUT2D eigenvalue weighted by atomic mass is 19.4. The normalized spacial score (nSPS) is 20.2. The number of ether oxygens (including phenoxy) is 1. The van der Waals surface area contributed by atoms with Gasteiger partial charge in [0.2, 0.25) is 11.8 Å². The first-order valence-electron chi connectivity index (χ1n) is 9.08. The van der Waals surface area contributed by atoms with E-state index < -0.39 is 42.1 Å². The van der Waals surface area contributed by atoms with Gasteiger partial charge in [-0.05, 0) is 18.6 Å². The molecule has 0 aliphatic carbocycles. The molecule has 3 rings (SSSR count). The zero-order valence-corrected chi connectivity index (χ0v) is 15.8. The SMILES string of the molecule is C[C@@H](NC(=O)C1CC(=O)NC(c2ccccc2)N1)c1ccc(OC(F)(F)F)cc1F. The minimum absolute atomic E-state index is 0.0160. The van der Waals surface area contributed by atoms with E-state index in [9.17, 15) is 27.2 Å². The van der Waals surface area contributed by atoms with Crippen molar-refractivity contribution >= 4 is 11.8 Å². The lowest BCUT2D eigenvalue weighted by Gasteiger charge is -2.32. The van der Waals surface area contributed by atoms with Gasteiger partial charge in [0.25, 0.3) is 0 Å². The Morgan fingerprint density at radius 3 is 2.53 bits per heavy atom. The number of alkyl halides is 3. The van der Waals surface area contributed by atoms with E-state index in [0.29, 0.717) is 6.07 Å². The van der Waals surface area contributed by atoms with Gasteiger partial charge in [0.1, 0.15) is 17.7 Å². The number of rotatable bonds is 5. The van der Waals surface area contributed by atoms with Gasteiger partial charge in [-0.1, -0.05) is 36.4 Å². The number of halogens is 4. The Bertz CT molecular complexity index is 921. The number of hydrogen-bond acceptors (Lipinski definition) is 4. The van der Waals surface area contributed by atoms with Crippen LogP contribution in [-0.2, 0) is 9.59 Å². The number of carbonyl (C=O) groups is 2. The van der Waals surface area contributed by atoms with Gasteiger partial charge >= 0.3 is 6.36 Å². The third kappa shape index (κ3) is 5.47. The molecule has 6 nitrogen and oxygen atoms in total. The van der Waals surface area contributed by atoms with Gasteiger partial charge < -0.3 is 15.4 Å². The van der Waals surface area contributed by atoms with Crippen molar-refractivity contribution in [2.24, 2.45) is 0 Å². The molecule has 3 atom stereocenters. The third-order valence-corrected chi connectivity index (χ3v) is 4.54. The summed E-state index contributed by atoms with van der Waals surface area (Å²) in [5, 5.41) is 8.35. The van der Waals surface area contributed by atoms with E-state index in [2.05, 4.69) is 20.7 Å². The molecule has 1 heterocycles. The zero-order chi connectivity index (χ0) is 21.9. The maximum absolute atomic E-state index is 14.2. The van der Waals surface area contributed by atoms with Crippen molar-refractivity contribution < 1.29 is 31.9 Å². The van der Waals surface area contributed by atoms with Crippen molar-refractivity contribution in [3.05, 3.63) is 65.5 Å². The monoisotopic (exact) mass is 425 g/mol. The number of amides is 2. The van der Waals surface area contributed by atoms with Gasteiger partial charge in [-0.15, -0.1) is 13.2 Å². The first kappa shape index (κ1) is 21.6. The Morgan fingerprint density at radius 2 is 1.90 bits per heavy atom. The molecule has 30 heavy (non-hydrogen) atoms. The molecule has 2 amide bonds. The minimum Gasteiger partial charge on any atom is -0.406 e. The van der Waals surface area contributed by atoms with E-state index in [1.54, 1.807) is 24.3 Å². The Labute approximate surface area is 169 Å². The summed E-state index contributed by atoms with van der Waals surface area (Å²) in [6.45, 7) is 1.48. The van der Waals surface area contributed by atoms with Crippen molar-refractivity contribution in [1.82, 2.24) is 16.0 Å².